The number of amides is 1. The number of carbonyl (C=O) groups is 1. The summed E-state index contributed by atoms with van der Waals surface area (Å²) in [5, 5.41) is 5.18. The molecule has 3 rings (SSSR count). The first-order valence-electron chi connectivity index (χ1n) is 8.75. The summed E-state index contributed by atoms with van der Waals surface area (Å²) in [6.07, 6.45) is 0.0679. The molecular formula is C22H23NO3. The highest BCUT2D eigenvalue weighted by Crippen LogP contribution is 2.22. The summed E-state index contributed by atoms with van der Waals surface area (Å²) >= 11 is 0. The van der Waals surface area contributed by atoms with Gasteiger partial charge in [-0.05, 0) is 47.0 Å². The third-order valence-corrected chi connectivity index (χ3v) is 4.26. The second-order valence-corrected chi connectivity index (χ2v) is 6.09. The van der Waals surface area contributed by atoms with E-state index in [0.717, 1.165) is 22.1 Å². The molecule has 1 amide bonds. The van der Waals surface area contributed by atoms with Crippen molar-refractivity contribution < 1.29 is 14.3 Å². The summed E-state index contributed by atoms with van der Waals surface area (Å²) in [7, 11) is 1.63. The third-order valence-electron chi connectivity index (χ3n) is 4.26. The number of hydrogen-bond donors (Lipinski definition) is 1. The summed E-state index contributed by atoms with van der Waals surface area (Å²) in [6.45, 7) is 2.38. The van der Waals surface area contributed by atoms with Gasteiger partial charge in [0, 0.05) is 6.54 Å². The number of methoxy groups -OCH3 is 1. The molecule has 0 saturated carbocycles. The standard InChI is InChI=1S/C22H23NO3/c1-3-21(22(24)23-15-16-7-6-10-19(13-16)25-2)26-20-12-11-17-8-4-5-9-18(17)14-20/h4-14,21H,3,15H2,1-2H3,(H,23,24). The van der Waals surface area contributed by atoms with Gasteiger partial charge in [0.15, 0.2) is 6.10 Å². The van der Waals surface area contributed by atoms with Gasteiger partial charge in [-0.3, -0.25) is 4.79 Å². The van der Waals surface area contributed by atoms with E-state index < -0.39 is 6.10 Å². The van der Waals surface area contributed by atoms with E-state index in [2.05, 4.69) is 11.4 Å². The molecule has 0 aliphatic rings. The molecule has 1 N–H and O–H groups in total. The summed E-state index contributed by atoms with van der Waals surface area (Å²) in [6, 6.07) is 21.6. The highest BCUT2D eigenvalue weighted by molar-refractivity contribution is 5.84. The first-order valence-corrected chi connectivity index (χ1v) is 8.75. The minimum absolute atomic E-state index is 0.122. The fraction of sp³-hybridized carbons (Fsp3) is 0.227. The Morgan fingerprint density at radius 2 is 1.77 bits per heavy atom. The molecular weight excluding hydrogens is 326 g/mol. The van der Waals surface area contributed by atoms with Crippen LogP contribution in [0.2, 0.25) is 0 Å². The summed E-state index contributed by atoms with van der Waals surface area (Å²) in [4.78, 5) is 12.5. The van der Waals surface area contributed by atoms with Crippen LogP contribution in [0.5, 0.6) is 11.5 Å². The van der Waals surface area contributed by atoms with Crippen molar-refractivity contribution >= 4 is 16.7 Å². The van der Waals surface area contributed by atoms with Crippen molar-refractivity contribution in [3.63, 3.8) is 0 Å². The van der Waals surface area contributed by atoms with E-state index in [1.807, 2.05) is 67.6 Å². The molecule has 0 heterocycles. The lowest BCUT2D eigenvalue weighted by atomic mass is 10.1. The van der Waals surface area contributed by atoms with Crippen LogP contribution in [-0.2, 0) is 11.3 Å². The zero-order valence-electron chi connectivity index (χ0n) is 15.1. The molecule has 4 nitrogen and oxygen atoms in total. The van der Waals surface area contributed by atoms with Crippen LogP contribution in [-0.4, -0.2) is 19.1 Å². The third kappa shape index (κ3) is 4.33. The largest absolute Gasteiger partial charge is 0.497 e. The van der Waals surface area contributed by atoms with E-state index in [4.69, 9.17) is 9.47 Å². The molecule has 26 heavy (non-hydrogen) atoms. The Kier molecular flexibility index (Phi) is 5.74. The van der Waals surface area contributed by atoms with Crippen molar-refractivity contribution in [3.8, 4) is 11.5 Å². The lowest BCUT2D eigenvalue weighted by molar-refractivity contribution is -0.128. The van der Waals surface area contributed by atoms with E-state index >= 15 is 0 Å². The first kappa shape index (κ1) is 17.8. The normalized spacial score (nSPS) is 11.8. The molecule has 0 saturated heterocycles. The lowest BCUT2D eigenvalue weighted by Crippen LogP contribution is -2.37. The number of fused-ring (bicyclic) bond motifs is 1. The van der Waals surface area contributed by atoms with Crippen LogP contribution in [0.25, 0.3) is 10.8 Å². The molecule has 1 unspecified atom stereocenters. The Morgan fingerprint density at radius 3 is 2.54 bits per heavy atom. The van der Waals surface area contributed by atoms with Crippen LogP contribution in [0.15, 0.2) is 66.7 Å². The topological polar surface area (TPSA) is 47.6 Å². The van der Waals surface area contributed by atoms with Gasteiger partial charge in [0.1, 0.15) is 11.5 Å². The van der Waals surface area contributed by atoms with Crippen LogP contribution < -0.4 is 14.8 Å². The van der Waals surface area contributed by atoms with Gasteiger partial charge in [-0.15, -0.1) is 0 Å². The lowest BCUT2D eigenvalue weighted by Gasteiger charge is -2.18. The monoisotopic (exact) mass is 349 g/mol. The zero-order valence-corrected chi connectivity index (χ0v) is 15.1. The number of ether oxygens (including phenoxy) is 2. The predicted molar refractivity (Wildman–Crippen MR) is 103 cm³/mol. The van der Waals surface area contributed by atoms with Crippen LogP contribution in [0.1, 0.15) is 18.9 Å². The van der Waals surface area contributed by atoms with E-state index in [9.17, 15) is 4.79 Å². The average molecular weight is 349 g/mol. The van der Waals surface area contributed by atoms with Gasteiger partial charge in [0.25, 0.3) is 5.91 Å². The maximum Gasteiger partial charge on any atom is 0.261 e. The Balaban J connectivity index is 1.64. The fourth-order valence-corrected chi connectivity index (χ4v) is 2.81. The van der Waals surface area contributed by atoms with Crippen LogP contribution in [0.3, 0.4) is 0 Å². The van der Waals surface area contributed by atoms with Gasteiger partial charge in [-0.1, -0.05) is 49.4 Å². The maximum absolute atomic E-state index is 12.5. The van der Waals surface area contributed by atoms with Crippen molar-refractivity contribution in [1.82, 2.24) is 5.32 Å². The van der Waals surface area contributed by atoms with Gasteiger partial charge >= 0.3 is 0 Å². The number of hydrogen-bond acceptors (Lipinski definition) is 3. The molecule has 0 aliphatic heterocycles. The van der Waals surface area contributed by atoms with Crippen molar-refractivity contribution in [2.45, 2.75) is 26.0 Å². The Labute approximate surface area is 153 Å². The molecule has 0 fully saturated rings. The second kappa shape index (κ2) is 8.39. The fourth-order valence-electron chi connectivity index (χ4n) is 2.81. The first-order chi connectivity index (χ1) is 12.7. The van der Waals surface area contributed by atoms with Gasteiger partial charge in [0.05, 0.1) is 7.11 Å². The second-order valence-electron chi connectivity index (χ2n) is 6.09. The smallest absolute Gasteiger partial charge is 0.261 e. The van der Waals surface area contributed by atoms with Crippen molar-refractivity contribution in [1.29, 1.82) is 0 Å². The minimum Gasteiger partial charge on any atom is -0.497 e. The highest BCUT2D eigenvalue weighted by Gasteiger charge is 2.18. The molecule has 1 atom stereocenters. The number of benzene rings is 3. The molecule has 0 aromatic heterocycles. The van der Waals surface area contributed by atoms with Crippen LogP contribution in [0.4, 0.5) is 0 Å². The van der Waals surface area contributed by atoms with E-state index in [1.165, 1.54) is 0 Å². The summed E-state index contributed by atoms with van der Waals surface area (Å²) < 4.78 is 11.1. The van der Waals surface area contributed by atoms with Gasteiger partial charge in [-0.25, -0.2) is 0 Å². The SMILES string of the molecule is CCC(Oc1ccc2ccccc2c1)C(=O)NCc1cccc(OC)c1. The van der Waals surface area contributed by atoms with Gasteiger partial charge in [0.2, 0.25) is 0 Å². The van der Waals surface area contributed by atoms with Gasteiger partial charge < -0.3 is 14.8 Å². The number of nitrogens with one attached hydrogen (secondary N) is 1. The van der Waals surface area contributed by atoms with Crippen molar-refractivity contribution in [2.75, 3.05) is 7.11 Å². The Hall–Kier alpha value is -3.01. The van der Waals surface area contributed by atoms with Gasteiger partial charge in [-0.2, -0.15) is 0 Å². The molecule has 3 aromatic rings. The zero-order chi connectivity index (χ0) is 18.4. The Bertz CT molecular complexity index is 891. The Morgan fingerprint density at radius 1 is 0.962 bits per heavy atom. The minimum atomic E-state index is -0.526. The number of rotatable bonds is 7. The van der Waals surface area contributed by atoms with Crippen LogP contribution >= 0.6 is 0 Å². The molecule has 4 heteroatoms. The van der Waals surface area contributed by atoms with E-state index in [1.54, 1.807) is 7.11 Å². The summed E-state index contributed by atoms with van der Waals surface area (Å²) in [5.74, 6) is 1.35. The van der Waals surface area contributed by atoms with Crippen LogP contribution in [0, 0.1) is 0 Å². The number of carbonyl (C=O) groups excluding carboxylic acids is 1. The van der Waals surface area contributed by atoms with Crippen molar-refractivity contribution in [3.05, 3.63) is 72.3 Å². The van der Waals surface area contributed by atoms with Crippen molar-refractivity contribution in [2.24, 2.45) is 0 Å². The quantitative estimate of drug-likeness (QED) is 0.691. The molecule has 3 aromatic carbocycles. The maximum atomic E-state index is 12.5. The summed E-state index contributed by atoms with van der Waals surface area (Å²) in [5.41, 5.74) is 0.984. The molecule has 0 spiro atoms. The predicted octanol–water partition coefficient (Wildman–Crippen LogP) is 4.32. The molecule has 134 valence electrons. The average Bonchev–Trinajstić information content (AvgIpc) is 2.70. The molecule has 0 bridgehead atoms. The molecule has 0 radical (unpaired) electrons. The van der Waals surface area contributed by atoms with E-state index in [0.29, 0.717) is 18.7 Å². The molecule has 0 aliphatic carbocycles. The van der Waals surface area contributed by atoms with E-state index in [-0.39, 0.29) is 5.91 Å². The highest BCUT2D eigenvalue weighted by atomic mass is 16.5.